The van der Waals surface area contributed by atoms with Gasteiger partial charge in [-0.25, -0.2) is 0 Å². The Kier molecular flexibility index (Phi) is 5.62. The zero-order valence-corrected chi connectivity index (χ0v) is 16.0. The highest BCUT2D eigenvalue weighted by molar-refractivity contribution is 5.37. The molecule has 0 amide bonds. The minimum Gasteiger partial charge on any atom is -0.489 e. The third kappa shape index (κ3) is 4.66. The molecule has 2 heteroatoms. The van der Waals surface area contributed by atoms with E-state index in [1.54, 1.807) is 0 Å². The van der Waals surface area contributed by atoms with Crippen molar-refractivity contribution in [2.45, 2.75) is 40.9 Å². The largest absolute Gasteiger partial charge is 0.489 e. The Morgan fingerprint density at radius 1 is 0.538 bits per heavy atom. The Morgan fingerprint density at radius 3 is 1.27 bits per heavy atom. The van der Waals surface area contributed by atoms with Gasteiger partial charge in [-0.05, 0) is 62.1 Å². The molecule has 0 spiro atoms. The molecule has 0 bridgehead atoms. The summed E-state index contributed by atoms with van der Waals surface area (Å²) in [4.78, 5) is 0. The molecule has 3 aromatic rings. The van der Waals surface area contributed by atoms with Gasteiger partial charge in [0.05, 0.1) is 0 Å². The average molecular weight is 346 g/mol. The fourth-order valence-electron chi connectivity index (χ4n) is 2.98. The van der Waals surface area contributed by atoms with Crippen LogP contribution >= 0.6 is 0 Å². The topological polar surface area (TPSA) is 18.5 Å². The fourth-order valence-corrected chi connectivity index (χ4v) is 2.98. The van der Waals surface area contributed by atoms with Crippen LogP contribution in [0, 0.1) is 27.7 Å². The first kappa shape index (κ1) is 18.1. The van der Waals surface area contributed by atoms with E-state index < -0.39 is 0 Å². The van der Waals surface area contributed by atoms with Gasteiger partial charge in [0.15, 0.2) is 0 Å². The highest BCUT2D eigenvalue weighted by Gasteiger charge is 2.03. The molecule has 134 valence electrons. The minimum absolute atomic E-state index is 0.572. The summed E-state index contributed by atoms with van der Waals surface area (Å²) in [6, 6.07) is 20.9. The normalized spacial score (nSPS) is 10.6. The Hall–Kier alpha value is -2.74. The molecular formula is C24H26O2. The summed E-state index contributed by atoms with van der Waals surface area (Å²) in [6.45, 7) is 9.49. The molecule has 0 saturated heterocycles. The van der Waals surface area contributed by atoms with Crippen LogP contribution in [0.5, 0.6) is 11.5 Å². The molecule has 26 heavy (non-hydrogen) atoms. The van der Waals surface area contributed by atoms with Gasteiger partial charge < -0.3 is 9.47 Å². The van der Waals surface area contributed by atoms with Crippen molar-refractivity contribution in [2.24, 2.45) is 0 Å². The van der Waals surface area contributed by atoms with Gasteiger partial charge in [0.25, 0.3) is 0 Å². The lowest BCUT2D eigenvalue weighted by Crippen LogP contribution is -2.00. The van der Waals surface area contributed by atoms with Crippen molar-refractivity contribution in [2.75, 3.05) is 0 Å². The molecule has 3 aromatic carbocycles. The smallest absolute Gasteiger partial charge is 0.122 e. The number of hydrogen-bond donors (Lipinski definition) is 0. The van der Waals surface area contributed by atoms with Crippen LogP contribution in [0.4, 0.5) is 0 Å². The van der Waals surface area contributed by atoms with Gasteiger partial charge in [0.1, 0.15) is 24.7 Å². The Balaban J connectivity index is 1.56. The quantitative estimate of drug-likeness (QED) is 0.538. The third-order valence-corrected chi connectivity index (χ3v) is 4.47. The molecule has 0 radical (unpaired) electrons. The summed E-state index contributed by atoms with van der Waals surface area (Å²) in [5.74, 6) is 1.88. The number of hydrogen-bond acceptors (Lipinski definition) is 2. The van der Waals surface area contributed by atoms with Crippen LogP contribution < -0.4 is 9.47 Å². The summed E-state index contributed by atoms with van der Waals surface area (Å²) in [5, 5.41) is 0. The molecule has 0 heterocycles. The van der Waals surface area contributed by atoms with Crippen LogP contribution in [0.25, 0.3) is 0 Å². The second-order valence-corrected chi connectivity index (χ2v) is 6.93. The Morgan fingerprint density at radius 2 is 0.923 bits per heavy atom. The number of ether oxygens (including phenoxy) is 2. The van der Waals surface area contributed by atoms with Crippen LogP contribution in [0.2, 0.25) is 0 Å². The molecule has 0 aromatic heterocycles. The van der Waals surface area contributed by atoms with Gasteiger partial charge in [-0.2, -0.15) is 0 Å². The second-order valence-electron chi connectivity index (χ2n) is 6.93. The van der Waals surface area contributed by atoms with Crippen LogP contribution in [0.3, 0.4) is 0 Å². The van der Waals surface area contributed by atoms with E-state index in [2.05, 4.69) is 76.2 Å². The maximum Gasteiger partial charge on any atom is 0.122 e. The predicted octanol–water partition coefficient (Wildman–Crippen LogP) is 6.08. The lowest BCUT2D eigenvalue weighted by molar-refractivity contribution is 0.300. The summed E-state index contributed by atoms with van der Waals surface area (Å²) >= 11 is 0. The van der Waals surface area contributed by atoms with Crippen molar-refractivity contribution < 1.29 is 9.47 Å². The van der Waals surface area contributed by atoms with Gasteiger partial charge in [-0.15, -0.1) is 0 Å². The van der Waals surface area contributed by atoms with Crippen LogP contribution in [0.1, 0.15) is 33.4 Å². The molecule has 0 unspecified atom stereocenters. The van der Waals surface area contributed by atoms with Crippen molar-refractivity contribution in [3.05, 3.63) is 94.0 Å². The van der Waals surface area contributed by atoms with Gasteiger partial charge in [-0.1, -0.05) is 59.7 Å². The van der Waals surface area contributed by atoms with E-state index in [0.717, 1.165) is 22.6 Å². The zero-order chi connectivity index (χ0) is 18.5. The van der Waals surface area contributed by atoms with Crippen molar-refractivity contribution in [3.63, 3.8) is 0 Å². The van der Waals surface area contributed by atoms with Gasteiger partial charge in [0.2, 0.25) is 0 Å². The van der Waals surface area contributed by atoms with E-state index in [0.29, 0.717) is 13.2 Å². The summed E-state index contributed by atoms with van der Waals surface area (Å²) in [7, 11) is 0. The maximum absolute atomic E-state index is 5.94. The van der Waals surface area contributed by atoms with E-state index in [1.165, 1.54) is 22.3 Å². The van der Waals surface area contributed by atoms with Crippen molar-refractivity contribution in [1.82, 2.24) is 0 Å². The summed E-state index contributed by atoms with van der Waals surface area (Å²) in [6.07, 6.45) is 0. The van der Waals surface area contributed by atoms with Crippen LogP contribution in [-0.2, 0) is 13.2 Å². The second kappa shape index (κ2) is 8.09. The number of aryl methyl sites for hydroxylation is 4. The van der Waals surface area contributed by atoms with E-state index in [-0.39, 0.29) is 0 Å². The number of benzene rings is 3. The molecule has 0 aliphatic heterocycles. The van der Waals surface area contributed by atoms with Crippen molar-refractivity contribution in [1.29, 1.82) is 0 Å². The first-order valence-corrected chi connectivity index (χ1v) is 8.99. The average Bonchev–Trinajstić information content (AvgIpc) is 2.61. The fraction of sp³-hybridized carbons (Fsp3) is 0.250. The Labute approximate surface area is 156 Å². The van der Waals surface area contributed by atoms with Crippen molar-refractivity contribution >= 4 is 0 Å². The summed E-state index contributed by atoms with van der Waals surface area (Å²) in [5.41, 5.74) is 7.15. The zero-order valence-electron chi connectivity index (χ0n) is 16.0. The molecule has 0 aliphatic rings. The monoisotopic (exact) mass is 346 g/mol. The molecule has 0 aliphatic carbocycles. The molecule has 0 N–H and O–H groups in total. The minimum atomic E-state index is 0.572. The molecule has 2 nitrogen and oxygen atoms in total. The third-order valence-electron chi connectivity index (χ3n) is 4.47. The molecule has 3 rings (SSSR count). The summed E-state index contributed by atoms with van der Waals surface area (Å²) < 4.78 is 11.9. The van der Waals surface area contributed by atoms with Crippen molar-refractivity contribution in [3.8, 4) is 11.5 Å². The first-order chi connectivity index (χ1) is 12.5. The van der Waals surface area contributed by atoms with Crippen LogP contribution in [-0.4, -0.2) is 0 Å². The first-order valence-electron chi connectivity index (χ1n) is 8.99. The standard InChI is InChI=1S/C24H26O2/c1-17-5-11-23(19(3)13-17)25-15-21-7-9-22(10-8-21)16-26-24-12-6-18(2)14-20(24)4/h5-14H,15-16H2,1-4H3. The lowest BCUT2D eigenvalue weighted by Gasteiger charge is -2.12. The lowest BCUT2D eigenvalue weighted by atomic mass is 10.1. The van der Waals surface area contributed by atoms with E-state index in [1.807, 2.05) is 12.1 Å². The predicted molar refractivity (Wildman–Crippen MR) is 107 cm³/mol. The highest BCUT2D eigenvalue weighted by Crippen LogP contribution is 2.21. The molecule has 0 fully saturated rings. The van der Waals surface area contributed by atoms with Gasteiger partial charge in [0, 0.05) is 0 Å². The van der Waals surface area contributed by atoms with E-state index >= 15 is 0 Å². The maximum atomic E-state index is 5.94. The van der Waals surface area contributed by atoms with E-state index in [4.69, 9.17) is 9.47 Å². The molecular weight excluding hydrogens is 320 g/mol. The highest BCUT2D eigenvalue weighted by atomic mass is 16.5. The van der Waals surface area contributed by atoms with E-state index in [9.17, 15) is 0 Å². The molecule has 0 atom stereocenters. The van der Waals surface area contributed by atoms with Gasteiger partial charge >= 0.3 is 0 Å². The molecule has 0 saturated carbocycles. The Bertz CT molecular complexity index is 805. The number of rotatable bonds is 6. The van der Waals surface area contributed by atoms with Gasteiger partial charge in [-0.3, -0.25) is 0 Å². The SMILES string of the molecule is Cc1ccc(OCc2ccc(COc3ccc(C)cc3C)cc2)c(C)c1. The van der Waals surface area contributed by atoms with Crippen LogP contribution in [0.15, 0.2) is 60.7 Å².